The molecular weight excluding hydrogens is 86.1 g/mol. The summed E-state index contributed by atoms with van der Waals surface area (Å²) in [7, 11) is 0. The molecule has 7 heavy (non-hydrogen) atoms. The predicted molar refractivity (Wildman–Crippen MR) is 29.6 cm³/mol. The molecule has 0 unspecified atom stereocenters. The second-order valence-electron chi connectivity index (χ2n) is 2.69. The van der Waals surface area contributed by atoms with Gasteiger partial charge >= 0.3 is 0 Å². The van der Waals surface area contributed by atoms with Gasteiger partial charge in [-0.1, -0.05) is 6.42 Å². The molecular formula is C6H9N. The largest absolute Gasteiger partial charge is 0.296 e. The van der Waals surface area contributed by atoms with E-state index >= 15 is 0 Å². The smallest absolute Gasteiger partial charge is 0.0491 e. The highest BCUT2D eigenvalue weighted by atomic mass is 14.8. The maximum absolute atomic E-state index is 4.07. The summed E-state index contributed by atoms with van der Waals surface area (Å²) < 4.78 is 0. The van der Waals surface area contributed by atoms with Gasteiger partial charge in [-0.25, -0.2) is 0 Å². The van der Waals surface area contributed by atoms with Crippen molar-refractivity contribution in [1.82, 2.24) is 0 Å². The minimum Gasteiger partial charge on any atom is -0.296 e. The Bertz CT molecular complexity index is 111. The summed E-state index contributed by atoms with van der Waals surface area (Å²) in [5.41, 5.74) is 0.653. The SMILES string of the molecule is C1=NCC12CCC2. The zero-order valence-electron chi connectivity index (χ0n) is 4.35. The van der Waals surface area contributed by atoms with Gasteiger partial charge in [0.15, 0.2) is 0 Å². The van der Waals surface area contributed by atoms with E-state index in [4.69, 9.17) is 0 Å². The Kier molecular flexibility index (Phi) is 0.473. The van der Waals surface area contributed by atoms with Gasteiger partial charge in [0, 0.05) is 18.2 Å². The first-order valence-electron chi connectivity index (χ1n) is 2.92. The number of aliphatic imine (C=N–C) groups is 1. The van der Waals surface area contributed by atoms with Crippen LogP contribution in [-0.4, -0.2) is 12.8 Å². The van der Waals surface area contributed by atoms with Crippen LogP contribution >= 0.6 is 0 Å². The molecule has 1 aliphatic carbocycles. The van der Waals surface area contributed by atoms with Crippen LogP contribution in [0.5, 0.6) is 0 Å². The van der Waals surface area contributed by atoms with E-state index in [0.717, 1.165) is 6.54 Å². The molecule has 0 aromatic carbocycles. The molecule has 38 valence electrons. The highest BCUT2D eigenvalue weighted by Gasteiger charge is 2.39. The van der Waals surface area contributed by atoms with Crippen LogP contribution in [0.3, 0.4) is 0 Å². The Morgan fingerprint density at radius 1 is 1.43 bits per heavy atom. The second-order valence-corrected chi connectivity index (χ2v) is 2.69. The number of nitrogens with zero attached hydrogens (tertiary/aromatic N) is 1. The van der Waals surface area contributed by atoms with E-state index in [9.17, 15) is 0 Å². The van der Waals surface area contributed by atoms with E-state index < -0.39 is 0 Å². The molecule has 1 nitrogen and oxygen atoms in total. The van der Waals surface area contributed by atoms with Gasteiger partial charge in [0.05, 0.1) is 0 Å². The lowest BCUT2D eigenvalue weighted by atomic mass is 9.67. The molecule has 1 heteroatoms. The Labute approximate surface area is 43.4 Å². The highest BCUT2D eigenvalue weighted by molar-refractivity contribution is 5.72. The summed E-state index contributed by atoms with van der Waals surface area (Å²) in [6.45, 7) is 1.13. The predicted octanol–water partition coefficient (Wildman–Crippen LogP) is 1.24. The van der Waals surface area contributed by atoms with Crippen LogP contribution in [-0.2, 0) is 0 Å². The molecule has 2 aliphatic rings. The quantitative estimate of drug-likeness (QED) is 0.429. The molecule has 0 radical (unpaired) electrons. The topological polar surface area (TPSA) is 12.4 Å². The van der Waals surface area contributed by atoms with Gasteiger partial charge in [0.25, 0.3) is 0 Å². The van der Waals surface area contributed by atoms with E-state index in [2.05, 4.69) is 11.2 Å². The zero-order valence-corrected chi connectivity index (χ0v) is 4.35. The molecule has 0 N–H and O–H groups in total. The fraction of sp³-hybridized carbons (Fsp3) is 0.833. The van der Waals surface area contributed by atoms with Gasteiger partial charge in [-0.3, -0.25) is 4.99 Å². The molecule has 0 saturated heterocycles. The molecule has 2 rings (SSSR count). The summed E-state index contributed by atoms with van der Waals surface area (Å²) in [5, 5.41) is 0. The fourth-order valence-corrected chi connectivity index (χ4v) is 1.27. The molecule has 0 atom stereocenters. The van der Waals surface area contributed by atoms with Crippen molar-refractivity contribution in [1.29, 1.82) is 0 Å². The van der Waals surface area contributed by atoms with Crippen molar-refractivity contribution < 1.29 is 0 Å². The molecule has 0 aromatic rings. The second kappa shape index (κ2) is 0.908. The van der Waals surface area contributed by atoms with E-state index in [-0.39, 0.29) is 0 Å². The Balaban J connectivity index is 2.15. The Morgan fingerprint density at radius 3 is 2.14 bits per heavy atom. The number of hydrogen-bond donors (Lipinski definition) is 0. The maximum atomic E-state index is 4.07. The third kappa shape index (κ3) is 0.311. The Hall–Kier alpha value is -0.330. The zero-order chi connectivity index (χ0) is 4.74. The summed E-state index contributed by atoms with van der Waals surface area (Å²) in [5.74, 6) is 0. The van der Waals surface area contributed by atoms with Gasteiger partial charge in [-0.15, -0.1) is 0 Å². The van der Waals surface area contributed by atoms with Gasteiger partial charge in [-0.05, 0) is 12.8 Å². The molecule has 1 fully saturated rings. The maximum Gasteiger partial charge on any atom is 0.0491 e. The Morgan fingerprint density at radius 2 is 2.14 bits per heavy atom. The van der Waals surface area contributed by atoms with Crippen molar-refractivity contribution in [3.63, 3.8) is 0 Å². The lowest BCUT2D eigenvalue weighted by Crippen LogP contribution is -2.40. The molecule has 1 saturated carbocycles. The first-order chi connectivity index (χ1) is 3.41. The normalized spacial score (nSPS) is 32.0. The van der Waals surface area contributed by atoms with Crippen molar-refractivity contribution in [3.05, 3.63) is 0 Å². The van der Waals surface area contributed by atoms with Crippen LogP contribution in [0.1, 0.15) is 19.3 Å². The lowest BCUT2D eigenvalue weighted by molar-refractivity contribution is 0.227. The number of hydrogen-bond acceptors (Lipinski definition) is 1. The summed E-state index contributed by atoms with van der Waals surface area (Å²) in [6.07, 6.45) is 6.40. The average Bonchev–Trinajstić information content (AvgIpc) is 1.20. The first-order valence-corrected chi connectivity index (χ1v) is 2.92. The van der Waals surface area contributed by atoms with Crippen LogP contribution in [0.15, 0.2) is 4.99 Å². The van der Waals surface area contributed by atoms with Crippen molar-refractivity contribution in [2.45, 2.75) is 19.3 Å². The summed E-state index contributed by atoms with van der Waals surface area (Å²) in [4.78, 5) is 4.07. The van der Waals surface area contributed by atoms with E-state index in [1.807, 2.05) is 0 Å². The van der Waals surface area contributed by atoms with Gasteiger partial charge in [0.1, 0.15) is 0 Å². The van der Waals surface area contributed by atoms with Crippen molar-refractivity contribution in [3.8, 4) is 0 Å². The van der Waals surface area contributed by atoms with E-state index in [0.29, 0.717) is 5.41 Å². The van der Waals surface area contributed by atoms with Gasteiger partial charge in [0.2, 0.25) is 0 Å². The standard InChI is InChI=1S/C6H9N/c1-2-6(3-1)4-7-5-6/h4H,1-3,5H2. The van der Waals surface area contributed by atoms with Crippen LogP contribution in [0.2, 0.25) is 0 Å². The van der Waals surface area contributed by atoms with E-state index in [1.54, 1.807) is 0 Å². The summed E-state index contributed by atoms with van der Waals surface area (Å²) in [6, 6.07) is 0. The minimum absolute atomic E-state index is 0.653. The highest BCUT2D eigenvalue weighted by Crippen LogP contribution is 2.43. The summed E-state index contributed by atoms with van der Waals surface area (Å²) >= 11 is 0. The van der Waals surface area contributed by atoms with Crippen LogP contribution in [0, 0.1) is 5.41 Å². The monoisotopic (exact) mass is 95.1 g/mol. The number of rotatable bonds is 0. The van der Waals surface area contributed by atoms with Crippen LogP contribution < -0.4 is 0 Å². The van der Waals surface area contributed by atoms with Gasteiger partial charge in [-0.2, -0.15) is 0 Å². The van der Waals surface area contributed by atoms with Crippen molar-refractivity contribution >= 4 is 6.21 Å². The lowest BCUT2D eigenvalue weighted by Gasteiger charge is -2.42. The first kappa shape index (κ1) is 3.65. The molecule has 0 aromatic heterocycles. The molecule has 1 spiro atoms. The van der Waals surface area contributed by atoms with Crippen LogP contribution in [0.4, 0.5) is 0 Å². The van der Waals surface area contributed by atoms with Crippen molar-refractivity contribution in [2.24, 2.45) is 10.4 Å². The fourth-order valence-electron chi connectivity index (χ4n) is 1.27. The third-order valence-electron chi connectivity index (χ3n) is 2.12. The average molecular weight is 95.1 g/mol. The van der Waals surface area contributed by atoms with Crippen molar-refractivity contribution in [2.75, 3.05) is 6.54 Å². The molecule has 0 amide bonds. The molecule has 1 aliphatic heterocycles. The van der Waals surface area contributed by atoms with Gasteiger partial charge < -0.3 is 0 Å². The molecule has 1 heterocycles. The minimum atomic E-state index is 0.653. The van der Waals surface area contributed by atoms with Crippen LogP contribution in [0.25, 0.3) is 0 Å². The third-order valence-corrected chi connectivity index (χ3v) is 2.12. The van der Waals surface area contributed by atoms with E-state index in [1.165, 1.54) is 19.3 Å². The molecule has 0 bridgehead atoms.